The van der Waals surface area contributed by atoms with Crippen molar-refractivity contribution in [2.75, 3.05) is 11.9 Å². The molecule has 3 amide bonds. The summed E-state index contributed by atoms with van der Waals surface area (Å²) in [5.41, 5.74) is -3.92. The maximum Gasteiger partial charge on any atom is 0.446 e. The smallest absolute Gasteiger partial charge is 0.446 e. The number of aliphatic carboxylic acids is 1. The molecule has 3 aromatic rings. The molecule has 0 aromatic heterocycles. The van der Waals surface area contributed by atoms with Crippen molar-refractivity contribution in [1.29, 1.82) is 0 Å². The van der Waals surface area contributed by atoms with E-state index in [9.17, 15) is 40.7 Å². The SMILES string of the molecule is O=C(O)CCNC(=O)c1ccc(C(Cc2ccc(C(F)(F)F)cc2)NC(=O)Nc2ccc(SC(F)(F)F)cc2)cc1. The maximum atomic E-state index is 13.0. The Morgan fingerprint density at radius 3 is 1.98 bits per heavy atom. The highest BCUT2D eigenvalue weighted by Gasteiger charge is 2.30. The van der Waals surface area contributed by atoms with Gasteiger partial charge in [0.1, 0.15) is 0 Å². The van der Waals surface area contributed by atoms with Gasteiger partial charge >= 0.3 is 23.7 Å². The number of carboxylic acid groups (broad SMARTS) is 1. The van der Waals surface area contributed by atoms with E-state index in [0.29, 0.717) is 11.1 Å². The molecule has 7 nitrogen and oxygen atoms in total. The minimum atomic E-state index is -4.52. The Bertz CT molecular complexity index is 1350. The number of urea groups is 1. The van der Waals surface area contributed by atoms with Gasteiger partial charge in [-0.1, -0.05) is 24.3 Å². The van der Waals surface area contributed by atoms with Crippen molar-refractivity contribution in [3.05, 3.63) is 95.1 Å². The zero-order valence-corrected chi connectivity index (χ0v) is 21.8. The molecule has 218 valence electrons. The Kier molecular flexibility index (Phi) is 10.3. The van der Waals surface area contributed by atoms with Crippen LogP contribution in [0.15, 0.2) is 77.7 Å². The number of carbonyl (C=O) groups is 3. The number of nitrogens with one attached hydrogen (secondary N) is 3. The summed E-state index contributed by atoms with van der Waals surface area (Å²) in [5, 5.41) is 16.4. The number of anilines is 1. The average molecular weight is 600 g/mol. The summed E-state index contributed by atoms with van der Waals surface area (Å²) in [6, 6.07) is 13.8. The van der Waals surface area contributed by atoms with Gasteiger partial charge in [0.2, 0.25) is 0 Å². The van der Waals surface area contributed by atoms with Crippen LogP contribution in [-0.2, 0) is 17.4 Å². The number of carbonyl (C=O) groups excluding carboxylic acids is 2. The van der Waals surface area contributed by atoms with Crippen LogP contribution in [0.4, 0.5) is 36.8 Å². The van der Waals surface area contributed by atoms with E-state index in [2.05, 4.69) is 16.0 Å². The minimum Gasteiger partial charge on any atom is -0.481 e. The highest BCUT2D eigenvalue weighted by molar-refractivity contribution is 8.00. The van der Waals surface area contributed by atoms with E-state index in [-0.39, 0.29) is 47.3 Å². The molecule has 14 heteroatoms. The van der Waals surface area contributed by atoms with E-state index < -0.39 is 41.2 Å². The molecular weight excluding hydrogens is 576 g/mol. The molecule has 0 fully saturated rings. The van der Waals surface area contributed by atoms with Crippen LogP contribution >= 0.6 is 11.8 Å². The van der Waals surface area contributed by atoms with Gasteiger partial charge < -0.3 is 21.1 Å². The number of thioether (sulfide) groups is 1. The average Bonchev–Trinajstić information content (AvgIpc) is 2.88. The van der Waals surface area contributed by atoms with Gasteiger partial charge in [0.25, 0.3) is 5.91 Å². The molecule has 0 spiro atoms. The molecule has 3 rings (SSSR count). The van der Waals surface area contributed by atoms with Crippen LogP contribution in [0.25, 0.3) is 0 Å². The number of hydrogen-bond acceptors (Lipinski definition) is 4. The predicted molar refractivity (Wildman–Crippen MR) is 139 cm³/mol. The number of amides is 3. The summed E-state index contributed by atoms with van der Waals surface area (Å²) >= 11 is -0.305. The van der Waals surface area contributed by atoms with Crippen LogP contribution in [0, 0.1) is 0 Å². The number of hydrogen-bond donors (Lipinski definition) is 4. The first-order valence-corrected chi connectivity index (χ1v) is 12.7. The van der Waals surface area contributed by atoms with E-state index in [0.717, 1.165) is 12.1 Å². The second kappa shape index (κ2) is 13.4. The van der Waals surface area contributed by atoms with Crippen LogP contribution in [0.2, 0.25) is 0 Å². The molecule has 0 aliphatic carbocycles. The fourth-order valence-electron chi connectivity index (χ4n) is 3.63. The van der Waals surface area contributed by atoms with Crippen molar-refractivity contribution >= 4 is 35.4 Å². The lowest BCUT2D eigenvalue weighted by Gasteiger charge is -2.21. The van der Waals surface area contributed by atoms with Crippen LogP contribution in [-0.4, -0.2) is 35.1 Å². The van der Waals surface area contributed by atoms with E-state index in [1.807, 2.05) is 0 Å². The standard InChI is InChI=1S/C27H23F6N3O4S/c28-26(29,30)19-7-1-16(2-8-19)15-22(17-3-5-18(6-4-17)24(39)34-14-13-23(37)38)36-25(40)35-20-9-11-21(12-10-20)41-27(31,32)33/h1-12,22H,13-15H2,(H,34,39)(H,37,38)(H2,35,36,40). The Labute approximate surface area is 234 Å². The second-order valence-corrected chi connectivity index (χ2v) is 9.78. The summed E-state index contributed by atoms with van der Waals surface area (Å²) in [7, 11) is 0. The maximum absolute atomic E-state index is 13.0. The van der Waals surface area contributed by atoms with Gasteiger partial charge in [-0.05, 0) is 77.8 Å². The fraction of sp³-hybridized carbons (Fsp3) is 0.222. The normalized spacial score (nSPS) is 12.3. The Morgan fingerprint density at radius 2 is 1.44 bits per heavy atom. The number of benzene rings is 3. The van der Waals surface area contributed by atoms with Gasteiger partial charge in [0, 0.05) is 22.7 Å². The summed E-state index contributed by atoms with van der Waals surface area (Å²) < 4.78 is 76.6. The zero-order chi connectivity index (χ0) is 30.2. The summed E-state index contributed by atoms with van der Waals surface area (Å²) in [6.07, 6.45) is -4.72. The quantitative estimate of drug-likeness (QED) is 0.155. The Morgan fingerprint density at radius 1 is 0.829 bits per heavy atom. The summed E-state index contributed by atoms with van der Waals surface area (Å²) in [4.78, 5) is 35.6. The van der Waals surface area contributed by atoms with E-state index in [1.165, 1.54) is 60.7 Å². The molecule has 0 saturated heterocycles. The molecule has 0 aliphatic rings. The molecule has 0 saturated carbocycles. The van der Waals surface area contributed by atoms with Crippen molar-refractivity contribution in [1.82, 2.24) is 10.6 Å². The Hall–Kier alpha value is -4.20. The first-order chi connectivity index (χ1) is 19.2. The molecule has 0 heterocycles. The highest BCUT2D eigenvalue weighted by Crippen LogP contribution is 2.37. The van der Waals surface area contributed by atoms with Gasteiger partial charge in [0.05, 0.1) is 18.0 Å². The van der Waals surface area contributed by atoms with E-state index in [4.69, 9.17) is 5.11 Å². The molecule has 1 unspecified atom stereocenters. The number of rotatable bonds is 10. The molecule has 1 atom stereocenters. The topological polar surface area (TPSA) is 108 Å². The summed E-state index contributed by atoms with van der Waals surface area (Å²) in [6.45, 7) is -0.0793. The molecular formula is C27H23F6N3O4S. The van der Waals surface area contributed by atoms with Gasteiger partial charge in [0.15, 0.2) is 0 Å². The lowest BCUT2D eigenvalue weighted by molar-refractivity contribution is -0.138. The van der Waals surface area contributed by atoms with Crippen molar-refractivity contribution in [2.45, 2.75) is 35.5 Å². The van der Waals surface area contributed by atoms with Crippen molar-refractivity contribution < 1.29 is 45.8 Å². The van der Waals surface area contributed by atoms with Crippen molar-refractivity contribution in [3.8, 4) is 0 Å². The molecule has 3 aromatic carbocycles. The van der Waals surface area contributed by atoms with Crippen molar-refractivity contribution in [3.63, 3.8) is 0 Å². The molecule has 41 heavy (non-hydrogen) atoms. The highest BCUT2D eigenvalue weighted by atomic mass is 32.2. The zero-order valence-electron chi connectivity index (χ0n) is 21.0. The van der Waals surface area contributed by atoms with Gasteiger partial charge in [-0.15, -0.1) is 0 Å². The largest absolute Gasteiger partial charge is 0.481 e. The van der Waals surface area contributed by atoms with E-state index in [1.54, 1.807) is 0 Å². The molecule has 0 bridgehead atoms. The third-order valence-electron chi connectivity index (χ3n) is 5.57. The molecule has 0 aliphatic heterocycles. The first-order valence-electron chi connectivity index (χ1n) is 11.9. The van der Waals surface area contributed by atoms with Gasteiger partial charge in [-0.25, -0.2) is 4.79 Å². The number of halogens is 6. The fourth-order valence-corrected chi connectivity index (χ4v) is 4.17. The van der Waals surface area contributed by atoms with Gasteiger partial charge in [-0.3, -0.25) is 9.59 Å². The lowest BCUT2D eigenvalue weighted by Crippen LogP contribution is -2.33. The Balaban J connectivity index is 1.76. The van der Waals surface area contributed by atoms with Crippen LogP contribution < -0.4 is 16.0 Å². The van der Waals surface area contributed by atoms with Crippen LogP contribution in [0.3, 0.4) is 0 Å². The number of alkyl halides is 6. The monoisotopic (exact) mass is 599 g/mol. The van der Waals surface area contributed by atoms with Crippen molar-refractivity contribution in [2.24, 2.45) is 0 Å². The number of carboxylic acids is 1. The minimum absolute atomic E-state index is 0.0663. The van der Waals surface area contributed by atoms with Crippen LogP contribution in [0.5, 0.6) is 0 Å². The predicted octanol–water partition coefficient (Wildman–Crippen LogP) is 6.63. The molecule has 0 radical (unpaired) electrons. The third kappa shape index (κ3) is 10.4. The molecule has 4 N–H and O–H groups in total. The van der Waals surface area contributed by atoms with Gasteiger partial charge in [-0.2, -0.15) is 26.3 Å². The third-order valence-corrected chi connectivity index (χ3v) is 6.31. The van der Waals surface area contributed by atoms with E-state index >= 15 is 0 Å². The summed E-state index contributed by atoms with van der Waals surface area (Å²) in [5.74, 6) is -1.60. The lowest BCUT2D eigenvalue weighted by atomic mass is 9.97. The second-order valence-electron chi connectivity index (χ2n) is 8.64. The van der Waals surface area contributed by atoms with Crippen LogP contribution in [0.1, 0.15) is 39.5 Å². The first kappa shape index (κ1) is 31.3.